The minimum Gasteiger partial charge on any atom is -0.493 e. The number of aromatic nitrogens is 2. The molecule has 0 fully saturated rings. The van der Waals surface area contributed by atoms with Gasteiger partial charge in [0.1, 0.15) is 6.61 Å². The maximum Gasteiger partial charge on any atom is 0.349 e. The van der Waals surface area contributed by atoms with Crippen LogP contribution in [-0.2, 0) is 6.61 Å². The zero-order chi connectivity index (χ0) is 24.2. The first kappa shape index (κ1) is 23.0. The van der Waals surface area contributed by atoms with Crippen molar-refractivity contribution in [2.75, 3.05) is 7.11 Å². The number of nitrogens with zero attached hydrogens (tertiary/aromatic N) is 2. The number of carboxylic acids is 1. The summed E-state index contributed by atoms with van der Waals surface area (Å²) in [4.78, 5) is 38.7. The summed E-state index contributed by atoms with van der Waals surface area (Å²) in [5, 5.41) is 13.5. The van der Waals surface area contributed by atoms with Gasteiger partial charge in [-0.05, 0) is 63.5 Å². The Hall–Kier alpha value is -4.18. The van der Waals surface area contributed by atoms with Crippen molar-refractivity contribution in [2.45, 2.75) is 6.61 Å². The molecule has 2 N–H and O–H groups in total. The first-order valence-corrected chi connectivity index (χ1v) is 10.8. The van der Waals surface area contributed by atoms with Crippen molar-refractivity contribution in [3.63, 3.8) is 0 Å². The van der Waals surface area contributed by atoms with Gasteiger partial charge in [0, 0.05) is 0 Å². The highest BCUT2D eigenvalue weighted by atomic mass is 79.9. The molecule has 0 aliphatic rings. The van der Waals surface area contributed by atoms with Gasteiger partial charge >= 0.3 is 11.7 Å². The number of ether oxygens (including phenoxy) is 2. The lowest BCUT2D eigenvalue weighted by molar-refractivity contribution is 0.0696. The van der Waals surface area contributed by atoms with Gasteiger partial charge in [0.25, 0.3) is 5.56 Å². The van der Waals surface area contributed by atoms with Crippen molar-refractivity contribution in [1.82, 2.24) is 9.66 Å². The van der Waals surface area contributed by atoms with Gasteiger partial charge in [-0.1, -0.05) is 24.3 Å². The first-order valence-electron chi connectivity index (χ1n) is 9.98. The third kappa shape index (κ3) is 4.76. The second-order valence-electron chi connectivity index (χ2n) is 7.17. The molecule has 0 amide bonds. The molecule has 0 aliphatic carbocycles. The van der Waals surface area contributed by atoms with E-state index in [2.05, 4.69) is 26.0 Å². The number of rotatable bonds is 7. The van der Waals surface area contributed by atoms with Gasteiger partial charge in [-0.2, -0.15) is 5.10 Å². The summed E-state index contributed by atoms with van der Waals surface area (Å²) in [5.74, 6) is -0.236. The Morgan fingerprint density at radius 2 is 1.94 bits per heavy atom. The van der Waals surface area contributed by atoms with Gasteiger partial charge in [-0.3, -0.25) is 4.79 Å². The number of nitrogens with one attached hydrogen (secondary N) is 1. The second kappa shape index (κ2) is 9.75. The molecule has 0 spiro atoms. The van der Waals surface area contributed by atoms with Gasteiger partial charge in [-0.15, -0.1) is 4.68 Å². The number of hydrogen-bond donors (Lipinski definition) is 2. The van der Waals surface area contributed by atoms with Gasteiger partial charge < -0.3 is 19.6 Å². The summed E-state index contributed by atoms with van der Waals surface area (Å²) in [6, 6.07) is 16.4. The predicted octanol–water partition coefficient (Wildman–Crippen LogP) is 3.62. The van der Waals surface area contributed by atoms with Gasteiger partial charge in [0.05, 0.1) is 34.3 Å². The van der Waals surface area contributed by atoms with Crippen LogP contribution < -0.4 is 20.7 Å². The fourth-order valence-electron chi connectivity index (χ4n) is 3.29. The first-order chi connectivity index (χ1) is 16.4. The third-order valence-electron chi connectivity index (χ3n) is 4.91. The smallest absolute Gasteiger partial charge is 0.349 e. The molecule has 172 valence electrons. The van der Waals surface area contributed by atoms with Crippen LogP contribution in [0.1, 0.15) is 21.5 Å². The number of halogens is 1. The molecule has 10 heteroatoms. The number of aromatic carboxylic acids is 1. The van der Waals surface area contributed by atoms with E-state index in [1.807, 2.05) is 0 Å². The Labute approximate surface area is 201 Å². The SMILES string of the molecule is COc1cc(C=Nn2c(=O)[nH]c3ccccc3c2=O)cc(Br)c1OCc1cccc(C(=O)O)c1. The zero-order valence-electron chi connectivity index (χ0n) is 17.8. The molecular formula is C24H18BrN3O6. The van der Waals surface area contributed by atoms with Crippen LogP contribution in [0.25, 0.3) is 10.9 Å². The van der Waals surface area contributed by atoms with E-state index < -0.39 is 17.2 Å². The molecule has 4 rings (SSSR count). The minimum absolute atomic E-state index is 0.116. The molecule has 0 radical (unpaired) electrons. The molecule has 34 heavy (non-hydrogen) atoms. The van der Waals surface area contributed by atoms with Crippen LogP contribution in [0.5, 0.6) is 11.5 Å². The van der Waals surface area contributed by atoms with Crippen molar-refractivity contribution in [3.05, 3.63) is 103 Å². The number of carbonyl (C=O) groups is 1. The Morgan fingerprint density at radius 3 is 2.71 bits per heavy atom. The molecule has 3 aromatic carbocycles. The normalized spacial score (nSPS) is 11.1. The molecule has 9 nitrogen and oxygen atoms in total. The van der Waals surface area contributed by atoms with Crippen molar-refractivity contribution in [3.8, 4) is 11.5 Å². The minimum atomic E-state index is -1.02. The summed E-state index contributed by atoms with van der Waals surface area (Å²) in [5.41, 5.74) is 0.624. The average Bonchev–Trinajstić information content (AvgIpc) is 2.83. The number of carboxylic acid groups (broad SMARTS) is 1. The molecule has 0 unspecified atom stereocenters. The average molecular weight is 524 g/mol. The molecule has 1 aromatic heterocycles. The highest BCUT2D eigenvalue weighted by Crippen LogP contribution is 2.37. The zero-order valence-corrected chi connectivity index (χ0v) is 19.4. The molecule has 0 bridgehead atoms. The maximum absolute atomic E-state index is 12.6. The Balaban J connectivity index is 1.61. The number of para-hydroxylation sites is 1. The quantitative estimate of drug-likeness (QED) is 0.356. The van der Waals surface area contributed by atoms with Crippen LogP contribution in [0.15, 0.2) is 79.8 Å². The lowest BCUT2D eigenvalue weighted by Gasteiger charge is -2.14. The van der Waals surface area contributed by atoms with E-state index in [0.29, 0.717) is 38.0 Å². The van der Waals surface area contributed by atoms with E-state index >= 15 is 0 Å². The largest absolute Gasteiger partial charge is 0.493 e. The van der Waals surface area contributed by atoms with Crippen LogP contribution >= 0.6 is 15.9 Å². The Bertz CT molecular complexity index is 1540. The third-order valence-corrected chi connectivity index (χ3v) is 5.50. The molecule has 0 saturated heterocycles. The number of benzene rings is 3. The fraction of sp³-hybridized carbons (Fsp3) is 0.0833. The van der Waals surface area contributed by atoms with Crippen molar-refractivity contribution >= 4 is 39.0 Å². The fourth-order valence-corrected chi connectivity index (χ4v) is 3.86. The van der Waals surface area contributed by atoms with E-state index in [0.717, 1.165) is 4.68 Å². The maximum atomic E-state index is 12.6. The van der Waals surface area contributed by atoms with Crippen molar-refractivity contribution in [1.29, 1.82) is 0 Å². The second-order valence-corrected chi connectivity index (χ2v) is 8.02. The lowest BCUT2D eigenvalue weighted by Crippen LogP contribution is -2.32. The highest BCUT2D eigenvalue weighted by Gasteiger charge is 2.13. The molecule has 0 saturated carbocycles. The number of aromatic amines is 1. The van der Waals surface area contributed by atoms with E-state index in [-0.39, 0.29) is 12.2 Å². The van der Waals surface area contributed by atoms with Crippen LogP contribution in [-0.4, -0.2) is 34.1 Å². The number of hydrogen-bond acceptors (Lipinski definition) is 6. The van der Waals surface area contributed by atoms with Crippen LogP contribution in [0, 0.1) is 0 Å². The van der Waals surface area contributed by atoms with E-state index in [1.165, 1.54) is 25.5 Å². The van der Waals surface area contributed by atoms with E-state index in [1.54, 1.807) is 48.5 Å². The van der Waals surface area contributed by atoms with E-state index in [4.69, 9.17) is 14.6 Å². The Morgan fingerprint density at radius 1 is 1.15 bits per heavy atom. The molecule has 0 aliphatic heterocycles. The van der Waals surface area contributed by atoms with Crippen molar-refractivity contribution < 1.29 is 19.4 Å². The predicted molar refractivity (Wildman–Crippen MR) is 130 cm³/mol. The molecular weight excluding hydrogens is 506 g/mol. The van der Waals surface area contributed by atoms with Gasteiger partial charge in [0.2, 0.25) is 0 Å². The summed E-state index contributed by atoms with van der Waals surface area (Å²) < 4.78 is 12.6. The summed E-state index contributed by atoms with van der Waals surface area (Å²) in [7, 11) is 1.47. The summed E-state index contributed by atoms with van der Waals surface area (Å²) in [6.07, 6.45) is 1.36. The van der Waals surface area contributed by atoms with E-state index in [9.17, 15) is 14.4 Å². The summed E-state index contributed by atoms with van der Waals surface area (Å²) >= 11 is 3.44. The standard InChI is InChI=1S/C24H18BrN3O6/c1-33-20-11-15(12-26-28-22(29)17-7-2-3-8-19(17)27-24(28)32)10-18(25)21(20)34-13-14-5-4-6-16(9-14)23(30)31/h2-12H,13H2,1H3,(H,27,32)(H,30,31). The van der Waals surface area contributed by atoms with Crippen LogP contribution in [0.2, 0.25) is 0 Å². The lowest BCUT2D eigenvalue weighted by atomic mass is 10.1. The van der Waals surface area contributed by atoms with Crippen LogP contribution in [0.3, 0.4) is 0 Å². The number of fused-ring (bicyclic) bond motifs is 1. The molecule has 0 atom stereocenters. The number of H-pyrrole nitrogens is 1. The Kier molecular flexibility index (Phi) is 6.60. The molecule has 4 aromatic rings. The molecule has 1 heterocycles. The van der Waals surface area contributed by atoms with Crippen LogP contribution in [0.4, 0.5) is 0 Å². The monoisotopic (exact) mass is 523 g/mol. The van der Waals surface area contributed by atoms with Crippen molar-refractivity contribution in [2.24, 2.45) is 5.10 Å². The van der Waals surface area contributed by atoms with Gasteiger partial charge in [0.15, 0.2) is 11.5 Å². The van der Waals surface area contributed by atoms with Gasteiger partial charge in [-0.25, -0.2) is 9.59 Å². The topological polar surface area (TPSA) is 123 Å². The highest BCUT2D eigenvalue weighted by molar-refractivity contribution is 9.10. The summed E-state index contributed by atoms with van der Waals surface area (Å²) in [6.45, 7) is 0.116. The number of methoxy groups -OCH3 is 1.